The van der Waals surface area contributed by atoms with E-state index < -0.39 is 0 Å². The van der Waals surface area contributed by atoms with Gasteiger partial charge < -0.3 is 18.9 Å². The normalized spacial score (nSPS) is 12.9. The van der Waals surface area contributed by atoms with Gasteiger partial charge in [0.25, 0.3) is 0 Å². The van der Waals surface area contributed by atoms with Crippen molar-refractivity contribution in [3.8, 4) is 23.0 Å². The lowest BCUT2D eigenvalue weighted by Gasteiger charge is -2.11. The molecular formula is C20H15NO4. The average molecular weight is 333 g/mol. The first-order valence-corrected chi connectivity index (χ1v) is 7.95. The summed E-state index contributed by atoms with van der Waals surface area (Å²) in [6.45, 7) is 0.266. The molecule has 1 aromatic heterocycles. The van der Waals surface area contributed by atoms with Gasteiger partial charge in [0.15, 0.2) is 23.0 Å². The molecule has 5 nitrogen and oxygen atoms in total. The Balaban J connectivity index is 1.88. The van der Waals surface area contributed by atoms with E-state index in [9.17, 15) is 0 Å². The highest BCUT2D eigenvalue weighted by atomic mass is 16.7. The number of benzene rings is 3. The summed E-state index contributed by atoms with van der Waals surface area (Å²) < 4.78 is 21.8. The van der Waals surface area contributed by atoms with Gasteiger partial charge in [0.05, 0.1) is 19.7 Å². The third-order valence-electron chi connectivity index (χ3n) is 4.68. The van der Waals surface area contributed by atoms with Crippen molar-refractivity contribution >= 4 is 32.4 Å². The van der Waals surface area contributed by atoms with Gasteiger partial charge in [-0.25, -0.2) is 0 Å². The molecule has 2 heterocycles. The molecule has 1 aliphatic rings. The molecule has 124 valence electrons. The second kappa shape index (κ2) is 5.14. The molecule has 1 aliphatic heterocycles. The molecule has 25 heavy (non-hydrogen) atoms. The molecule has 3 aromatic carbocycles. The van der Waals surface area contributed by atoms with E-state index in [4.69, 9.17) is 18.9 Å². The summed E-state index contributed by atoms with van der Waals surface area (Å²) in [7, 11) is 3.26. The Morgan fingerprint density at radius 3 is 2.36 bits per heavy atom. The number of ether oxygens (including phenoxy) is 4. The molecule has 0 spiro atoms. The molecule has 0 unspecified atom stereocenters. The molecule has 5 heteroatoms. The van der Waals surface area contributed by atoms with Gasteiger partial charge in [-0.2, -0.15) is 0 Å². The van der Waals surface area contributed by atoms with E-state index in [1.165, 1.54) is 0 Å². The van der Waals surface area contributed by atoms with Gasteiger partial charge in [0.1, 0.15) is 0 Å². The Labute approximate surface area is 143 Å². The molecule has 0 fully saturated rings. The Morgan fingerprint density at radius 1 is 0.800 bits per heavy atom. The van der Waals surface area contributed by atoms with Crippen LogP contribution in [-0.4, -0.2) is 26.0 Å². The largest absolute Gasteiger partial charge is 0.493 e. The second-order valence-electron chi connectivity index (χ2n) is 5.94. The van der Waals surface area contributed by atoms with E-state index in [1.807, 2.05) is 30.5 Å². The zero-order valence-electron chi connectivity index (χ0n) is 13.8. The average Bonchev–Trinajstić information content (AvgIpc) is 3.11. The summed E-state index contributed by atoms with van der Waals surface area (Å²) >= 11 is 0. The number of methoxy groups -OCH3 is 2. The number of hydrogen-bond donors (Lipinski definition) is 0. The fourth-order valence-electron chi connectivity index (χ4n) is 3.44. The lowest BCUT2D eigenvalue weighted by Crippen LogP contribution is -1.92. The first-order chi connectivity index (χ1) is 12.3. The first kappa shape index (κ1) is 14.2. The van der Waals surface area contributed by atoms with Crippen molar-refractivity contribution in [2.24, 2.45) is 0 Å². The van der Waals surface area contributed by atoms with Gasteiger partial charge in [0.2, 0.25) is 6.79 Å². The van der Waals surface area contributed by atoms with Crippen molar-refractivity contribution in [1.29, 1.82) is 0 Å². The lowest BCUT2D eigenvalue weighted by atomic mass is 9.99. The van der Waals surface area contributed by atoms with Crippen molar-refractivity contribution in [3.63, 3.8) is 0 Å². The zero-order chi connectivity index (χ0) is 17.0. The summed E-state index contributed by atoms with van der Waals surface area (Å²) in [4.78, 5) is 4.63. The van der Waals surface area contributed by atoms with Crippen LogP contribution >= 0.6 is 0 Å². The third-order valence-corrected chi connectivity index (χ3v) is 4.68. The van der Waals surface area contributed by atoms with Crippen LogP contribution in [-0.2, 0) is 0 Å². The lowest BCUT2D eigenvalue weighted by molar-refractivity contribution is 0.174. The third kappa shape index (κ3) is 1.99. The maximum absolute atomic E-state index is 5.53. The Kier molecular flexibility index (Phi) is 2.91. The van der Waals surface area contributed by atoms with Gasteiger partial charge in [0, 0.05) is 23.0 Å². The molecule has 0 atom stereocenters. The molecule has 0 radical (unpaired) electrons. The number of fused-ring (bicyclic) bond motifs is 6. The Morgan fingerprint density at radius 2 is 1.56 bits per heavy atom. The highest BCUT2D eigenvalue weighted by Crippen LogP contribution is 2.41. The van der Waals surface area contributed by atoms with Crippen LogP contribution in [0.5, 0.6) is 23.0 Å². The monoisotopic (exact) mass is 333 g/mol. The Bertz CT molecular complexity index is 1150. The smallest absolute Gasteiger partial charge is 0.231 e. The second-order valence-corrected chi connectivity index (χ2v) is 5.94. The molecule has 0 saturated heterocycles. The summed E-state index contributed by atoms with van der Waals surface area (Å²) in [6, 6.07) is 12.1. The zero-order valence-corrected chi connectivity index (χ0v) is 13.8. The molecule has 0 bridgehead atoms. The number of pyridine rings is 1. The molecule has 5 rings (SSSR count). The molecular weight excluding hydrogens is 318 g/mol. The van der Waals surface area contributed by atoms with Gasteiger partial charge in [-0.3, -0.25) is 4.98 Å². The fraction of sp³-hybridized carbons (Fsp3) is 0.150. The quantitative estimate of drug-likeness (QED) is 0.512. The van der Waals surface area contributed by atoms with E-state index in [-0.39, 0.29) is 6.79 Å². The van der Waals surface area contributed by atoms with Crippen LogP contribution in [0.4, 0.5) is 0 Å². The summed E-state index contributed by atoms with van der Waals surface area (Å²) in [6.07, 6.45) is 1.90. The van der Waals surface area contributed by atoms with Crippen molar-refractivity contribution in [2.75, 3.05) is 21.0 Å². The Hall–Kier alpha value is -3.21. The van der Waals surface area contributed by atoms with E-state index in [2.05, 4.69) is 17.1 Å². The maximum atomic E-state index is 5.53. The standard InChI is InChI=1S/C20H15NO4/c1-22-17-7-14-12-4-3-11-5-19-20(25-10-24-19)6-13(11)15(12)9-21-16(14)8-18(17)23-2/h3-9H,10H2,1-2H3. The highest BCUT2D eigenvalue weighted by Gasteiger charge is 2.16. The van der Waals surface area contributed by atoms with Crippen LogP contribution in [0.2, 0.25) is 0 Å². The number of rotatable bonds is 2. The molecule has 0 saturated carbocycles. The van der Waals surface area contributed by atoms with Crippen LogP contribution in [0.15, 0.2) is 42.6 Å². The predicted octanol–water partition coefficient (Wildman–Crippen LogP) is 4.29. The number of aromatic nitrogens is 1. The van der Waals surface area contributed by atoms with E-state index >= 15 is 0 Å². The fourth-order valence-corrected chi connectivity index (χ4v) is 3.44. The van der Waals surface area contributed by atoms with Gasteiger partial charge >= 0.3 is 0 Å². The van der Waals surface area contributed by atoms with Crippen molar-refractivity contribution in [3.05, 3.63) is 42.6 Å². The predicted molar refractivity (Wildman–Crippen MR) is 96.0 cm³/mol. The van der Waals surface area contributed by atoms with Gasteiger partial charge in [-0.1, -0.05) is 12.1 Å². The summed E-state index contributed by atoms with van der Waals surface area (Å²) in [5.74, 6) is 2.92. The maximum Gasteiger partial charge on any atom is 0.231 e. The summed E-state index contributed by atoms with van der Waals surface area (Å²) in [5, 5.41) is 5.38. The van der Waals surface area contributed by atoms with Crippen LogP contribution < -0.4 is 18.9 Å². The van der Waals surface area contributed by atoms with E-state index in [0.29, 0.717) is 11.5 Å². The minimum absolute atomic E-state index is 0.266. The van der Waals surface area contributed by atoms with Crippen LogP contribution in [0, 0.1) is 0 Å². The van der Waals surface area contributed by atoms with Crippen molar-refractivity contribution in [2.45, 2.75) is 0 Å². The topological polar surface area (TPSA) is 49.8 Å². The molecule has 0 aliphatic carbocycles. The minimum Gasteiger partial charge on any atom is -0.493 e. The first-order valence-electron chi connectivity index (χ1n) is 7.95. The van der Waals surface area contributed by atoms with Gasteiger partial charge in [-0.05, 0) is 34.4 Å². The van der Waals surface area contributed by atoms with E-state index in [0.717, 1.165) is 43.9 Å². The highest BCUT2D eigenvalue weighted by molar-refractivity contribution is 6.16. The van der Waals surface area contributed by atoms with Crippen LogP contribution in [0.25, 0.3) is 32.4 Å². The summed E-state index contributed by atoms with van der Waals surface area (Å²) in [5.41, 5.74) is 0.866. The van der Waals surface area contributed by atoms with E-state index in [1.54, 1.807) is 14.2 Å². The van der Waals surface area contributed by atoms with Crippen LogP contribution in [0.3, 0.4) is 0 Å². The molecule has 4 aromatic rings. The minimum atomic E-state index is 0.266. The van der Waals surface area contributed by atoms with Crippen molar-refractivity contribution < 1.29 is 18.9 Å². The van der Waals surface area contributed by atoms with Crippen LogP contribution in [0.1, 0.15) is 0 Å². The number of hydrogen-bond acceptors (Lipinski definition) is 5. The number of nitrogens with zero attached hydrogens (tertiary/aromatic N) is 1. The SMILES string of the molecule is COc1cc2ncc3c4cc5c(cc4ccc3c2cc1OC)OCO5. The molecule has 0 amide bonds. The molecule has 0 N–H and O–H groups in total. The van der Waals surface area contributed by atoms with Gasteiger partial charge in [-0.15, -0.1) is 0 Å². The van der Waals surface area contributed by atoms with Crippen molar-refractivity contribution in [1.82, 2.24) is 4.98 Å².